The number of ether oxygens (including phenoxy) is 1. The number of anilines is 1. The Kier molecular flexibility index (Phi) is 10.2. The summed E-state index contributed by atoms with van der Waals surface area (Å²) in [6, 6.07) is 6.45. The first-order valence-corrected chi connectivity index (χ1v) is 12.7. The van der Waals surface area contributed by atoms with Crippen LogP contribution in [0, 0.1) is 5.92 Å². The maximum atomic E-state index is 11.5. The van der Waals surface area contributed by atoms with Gasteiger partial charge in [0.25, 0.3) is 0 Å². The lowest BCUT2D eigenvalue weighted by molar-refractivity contribution is 0.0268. The lowest BCUT2D eigenvalue weighted by atomic mass is 9.97. The number of unbranched alkanes of at least 4 members (excludes halogenated alkanes) is 1. The summed E-state index contributed by atoms with van der Waals surface area (Å²) >= 11 is 0. The van der Waals surface area contributed by atoms with Crippen LogP contribution in [0.5, 0.6) is 0 Å². The average Bonchev–Trinajstić information content (AvgIpc) is 3.05. The monoisotopic (exact) mass is 453 g/mol. The molecule has 2 aliphatic heterocycles. The summed E-state index contributed by atoms with van der Waals surface area (Å²) in [6.07, 6.45) is 11.3. The molecule has 0 spiro atoms. The summed E-state index contributed by atoms with van der Waals surface area (Å²) in [4.78, 5) is 19.1. The first kappa shape index (κ1) is 25.7. The molecule has 2 heterocycles. The van der Waals surface area contributed by atoms with Gasteiger partial charge < -0.3 is 9.64 Å². The summed E-state index contributed by atoms with van der Waals surface area (Å²) in [7, 11) is 1.83. The predicted octanol–water partition coefficient (Wildman–Crippen LogP) is 4.43. The fourth-order valence-electron chi connectivity index (χ4n) is 5.35. The molecule has 0 bridgehead atoms. The fourth-order valence-corrected chi connectivity index (χ4v) is 5.35. The smallest absolute Gasteiger partial charge is 0.150 e. The maximum Gasteiger partial charge on any atom is 0.150 e. The molecule has 0 saturated carbocycles. The number of hydrogen-bond acceptors (Lipinski definition) is 5. The molecule has 33 heavy (non-hydrogen) atoms. The highest BCUT2D eigenvalue weighted by Crippen LogP contribution is 2.29. The summed E-state index contributed by atoms with van der Waals surface area (Å²) in [5.41, 5.74) is 3.30. The Labute approximate surface area is 201 Å². The van der Waals surface area contributed by atoms with Gasteiger partial charge in [-0.05, 0) is 43.9 Å². The van der Waals surface area contributed by atoms with Gasteiger partial charge in [0.1, 0.15) is 6.29 Å². The molecular formula is C28H43N3O2. The van der Waals surface area contributed by atoms with Gasteiger partial charge in [0, 0.05) is 69.6 Å². The zero-order valence-electron chi connectivity index (χ0n) is 20.8. The third kappa shape index (κ3) is 6.78. The van der Waals surface area contributed by atoms with Gasteiger partial charge in [-0.25, -0.2) is 0 Å². The number of aldehydes is 1. The second kappa shape index (κ2) is 13.1. The highest BCUT2D eigenvalue weighted by Gasteiger charge is 2.30. The van der Waals surface area contributed by atoms with Crippen LogP contribution in [0.15, 0.2) is 43.5 Å². The largest absolute Gasteiger partial charge is 0.380 e. The minimum atomic E-state index is 0.267. The Bertz CT molecular complexity index is 780. The summed E-state index contributed by atoms with van der Waals surface area (Å²) in [5.74, 6) is 0.289. The van der Waals surface area contributed by atoms with Crippen LogP contribution in [0.1, 0.15) is 48.5 Å². The zero-order valence-corrected chi connectivity index (χ0v) is 20.8. The zero-order chi connectivity index (χ0) is 23.6. The maximum absolute atomic E-state index is 11.5. The van der Waals surface area contributed by atoms with Crippen LogP contribution < -0.4 is 4.90 Å². The molecule has 2 saturated heterocycles. The van der Waals surface area contributed by atoms with Gasteiger partial charge in [0.15, 0.2) is 0 Å². The topological polar surface area (TPSA) is 36.0 Å². The molecule has 3 rings (SSSR count). The van der Waals surface area contributed by atoms with Crippen LogP contribution in [0.25, 0.3) is 0 Å². The van der Waals surface area contributed by atoms with Crippen molar-refractivity contribution in [2.45, 2.75) is 51.2 Å². The van der Waals surface area contributed by atoms with Crippen molar-refractivity contribution in [3.05, 3.63) is 54.6 Å². The highest BCUT2D eigenvalue weighted by atomic mass is 16.5. The van der Waals surface area contributed by atoms with E-state index in [9.17, 15) is 4.79 Å². The SMILES string of the molecule is C=CC1CN(c2cc(C=O)ccc2CCCC)CCN(CCN2CCCC(OC)C2)C1C=C. The standard InChI is InChI=1S/C28H43N3O2/c1-5-8-10-25-13-12-23(22-32)19-28(25)31-18-17-30(27(7-3)24(6-2)20-31)16-15-29-14-9-11-26(21-29)33-4/h6-7,12-13,19,22,24,26-27H,2-3,5,8-11,14-18,20-21H2,1,4H3. The van der Waals surface area contributed by atoms with Crippen molar-refractivity contribution in [1.29, 1.82) is 0 Å². The lowest BCUT2D eigenvalue weighted by Crippen LogP contribution is -2.46. The van der Waals surface area contributed by atoms with Crippen LogP contribution in [-0.2, 0) is 11.2 Å². The van der Waals surface area contributed by atoms with Crippen LogP contribution in [0.3, 0.4) is 0 Å². The van der Waals surface area contributed by atoms with Crippen molar-refractivity contribution in [2.75, 3.05) is 57.8 Å². The fraction of sp³-hybridized carbons (Fsp3) is 0.607. The van der Waals surface area contributed by atoms with Crippen LogP contribution in [0.4, 0.5) is 5.69 Å². The quantitative estimate of drug-likeness (QED) is 0.366. The number of hydrogen-bond donors (Lipinski definition) is 0. The van der Waals surface area contributed by atoms with Crippen molar-refractivity contribution < 1.29 is 9.53 Å². The van der Waals surface area contributed by atoms with E-state index in [1.165, 1.54) is 24.1 Å². The molecule has 2 aliphatic rings. The minimum absolute atomic E-state index is 0.267. The van der Waals surface area contributed by atoms with Gasteiger partial charge in [-0.1, -0.05) is 37.6 Å². The molecule has 3 unspecified atom stereocenters. The molecule has 1 aromatic rings. The van der Waals surface area contributed by atoms with Gasteiger partial charge >= 0.3 is 0 Å². The molecule has 5 heteroatoms. The normalized spacial score (nSPS) is 24.9. The number of benzene rings is 1. The van der Waals surface area contributed by atoms with Crippen molar-refractivity contribution in [3.8, 4) is 0 Å². The van der Waals surface area contributed by atoms with E-state index < -0.39 is 0 Å². The molecule has 0 aliphatic carbocycles. The van der Waals surface area contributed by atoms with Gasteiger partial charge in [-0.3, -0.25) is 14.6 Å². The third-order valence-electron chi connectivity index (χ3n) is 7.38. The molecule has 5 nitrogen and oxygen atoms in total. The molecule has 182 valence electrons. The number of methoxy groups -OCH3 is 1. The molecule has 2 fully saturated rings. The van der Waals surface area contributed by atoms with E-state index in [4.69, 9.17) is 4.74 Å². The van der Waals surface area contributed by atoms with Gasteiger partial charge in [0.2, 0.25) is 0 Å². The van der Waals surface area contributed by atoms with E-state index in [1.807, 2.05) is 13.2 Å². The van der Waals surface area contributed by atoms with Crippen LogP contribution in [-0.4, -0.2) is 81.2 Å². The van der Waals surface area contributed by atoms with Crippen molar-refractivity contribution >= 4 is 12.0 Å². The number of carbonyl (C=O) groups is 1. The van der Waals surface area contributed by atoms with E-state index in [0.717, 1.165) is 76.9 Å². The second-order valence-corrected chi connectivity index (χ2v) is 9.52. The first-order valence-electron chi connectivity index (χ1n) is 12.7. The summed E-state index contributed by atoms with van der Waals surface area (Å²) < 4.78 is 5.61. The van der Waals surface area contributed by atoms with Gasteiger partial charge in [0.05, 0.1) is 6.10 Å². The number of piperidine rings is 1. The third-order valence-corrected chi connectivity index (χ3v) is 7.38. The first-order chi connectivity index (χ1) is 16.1. The van der Waals surface area contributed by atoms with Crippen molar-refractivity contribution in [3.63, 3.8) is 0 Å². The van der Waals surface area contributed by atoms with E-state index in [2.05, 4.69) is 59.1 Å². The number of aryl methyl sites for hydroxylation is 1. The Morgan fingerprint density at radius 1 is 1.12 bits per heavy atom. The van der Waals surface area contributed by atoms with E-state index in [1.54, 1.807) is 0 Å². The van der Waals surface area contributed by atoms with Crippen molar-refractivity contribution in [1.82, 2.24) is 9.80 Å². The molecule has 0 amide bonds. The Balaban J connectivity index is 1.76. The molecule has 0 aromatic heterocycles. The molecular weight excluding hydrogens is 410 g/mol. The van der Waals surface area contributed by atoms with E-state index in [-0.39, 0.29) is 12.0 Å². The number of nitrogens with zero attached hydrogens (tertiary/aromatic N) is 3. The minimum Gasteiger partial charge on any atom is -0.380 e. The Morgan fingerprint density at radius 3 is 2.67 bits per heavy atom. The highest BCUT2D eigenvalue weighted by molar-refractivity contribution is 5.78. The Morgan fingerprint density at radius 2 is 1.97 bits per heavy atom. The average molecular weight is 454 g/mol. The van der Waals surface area contributed by atoms with E-state index in [0.29, 0.717) is 6.10 Å². The molecule has 1 aromatic carbocycles. The van der Waals surface area contributed by atoms with Gasteiger partial charge in [-0.15, -0.1) is 13.2 Å². The van der Waals surface area contributed by atoms with Crippen molar-refractivity contribution in [2.24, 2.45) is 5.92 Å². The number of rotatable bonds is 11. The molecule has 0 radical (unpaired) electrons. The lowest BCUT2D eigenvalue weighted by Gasteiger charge is -2.36. The molecule has 3 atom stereocenters. The van der Waals surface area contributed by atoms with Crippen LogP contribution >= 0.6 is 0 Å². The summed E-state index contributed by atoms with van der Waals surface area (Å²) in [5, 5.41) is 0. The second-order valence-electron chi connectivity index (χ2n) is 9.52. The van der Waals surface area contributed by atoms with Gasteiger partial charge in [-0.2, -0.15) is 0 Å². The number of carbonyl (C=O) groups excluding carboxylic acids is 1. The predicted molar refractivity (Wildman–Crippen MR) is 138 cm³/mol. The Hall–Kier alpha value is -1.95. The summed E-state index contributed by atoms with van der Waals surface area (Å²) in [6.45, 7) is 17.7. The van der Waals surface area contributed by atoms with Crippen LogP contribution in [0.2, 0.25) is 0 Å². The number of likely N-dealkylation sites (tertiary alicyclic amines) is 1. The molecule has 0 N–H and O–H groups in total. The van der Waals surface area contributed by atoms with E-state index >= 15 is 0 Å².